The standard InChI is InChI=1S/C23H28N2O2/c1-17-10-12-20(15-18(17)2)24-21-9-6-14-25(16-21)23(27)22(26)13-11-19-7-4-3-5-8-19/h3-5,7-8,10,12,15,21,24H,6,9,11,13-14,16H2,1-2H3/t21-/m1/s1. The Morgan fingerprint density at radius 1 is 1.07 bits per heavy atom. The molecule has 1 fully saturated rings. The van der Waals surface area contributed by atoms with E-state index in [9.17, 15) is 9.59 Å². The molecule has 1 N–H and O–H groups in total. The number of amides is 1. The molecule has 4 nitrogen and oxygen atoms in total. The Morgan fingerprint density at radius 2 is 1.85 bits per heavy atom. The van der Waals surface area contributed by atoms with Crippen molar-refractivity contribution in [2.75, 3.05) is 18.4 Å². The lowest BCUT2D eigenvalue weighted by molar-refractivity contribution is -0.145. The van der Waals surface area contributed by atoms with Crippen LogP contribution in [-0.4, -0.2) is 35.7 Å². The van der Waals surface area contributed by atoms with Gasteiger partial charge >= 0.3 is 0 Å². The molecule has 1 atom stereocenters. The van der Waals surface area contributed by atoms with Crippen molar-refractivity contribution < 1.29 is 9.59 Å². The van der Waals surface area contributed by atoms with Crippen molar-refractivity contribution in [3.8, 4) is 0 Å². The molecule has 0 spiro atoms. The summed E-state index contributed by atoms with van der Waals surface area (Å²) in [6.07, 6.45) is 2.81. The Balaban J connectivity index is 1.54. The van der Waals surface area contributed by atoms with Crippen LogP contribution < -0.4 is 5.32 Å². The molecule has 0 bridgehead atoms. The van der Waals surface area contributed by atoms with Crippen molar-refractivity contribution in [2.45, 2.75) is 45.6 Å². The first-order valence-electron chi connectivity index (χ1n) is 9.73. The first-order valence-corrected chi connectivity index (χ1v) is 9.73. The summed E-state index contributed by atoms with van der Waals surface area (Å²) in [6, 6.07) is 16.3. The molecule has 0 aromatic heterocycles. The van der Waals surface area contributed by atoms with Gasteiger partial charge in [0.2, 0.25) is 5.78 Å². The molecular formula is C23H28N2O2. The van der Waals surface area contributed by atoms with Gasteiger partial charge in [0, 0.05) is 31.2 Å². The topological polar surface area (TPSA) is 49.4 Å². The molecule has 1 saturated heterocycles. The first kappa shape index (κ1) is 19.2. The van der Waals surface area contributed by atoms with Gasteiger partial charge in [0.25, 0.3) is 5.91 Å². The highest BCUT2D eigenvalue weighted by Crippen LogP contribution is 2.19. The molecule has 0 unspecified atom stereocenters. The Bertz CT molecular complexity index is 801. The number of anilines is 1. The van der Waals surface area contributed by atoms with E-state index < -0.39 is 0 Å². The van der Waals surface area contributed by atoms with Gasteiger partial charge < -0.3 is 10.2 Å². The van der Waals surface area contributed by atoms with Crippen LogP contribution >= 0.6 is 0 Å². The third-order valence-electron chi connectivity index (χ3n) is 5.31. The lowest BCUT2D eigenvalue weighted by Crippen LogP contribution is -2.47. The Morgan fingerprint density at radius 3 is 2.59 bits per heavy atom. The van der Waals surface area contributed by atoms with Crippen molar-refractivity contribution >= 4 is 17.4 Å². The van der Waals surface area contributed by atoms with Gasteiger partial charge in [0.1, 0.15) is 0 Å². The van der Waals surface area contributed by atoms with E-state index in [4.69, 9.17) is 0 Å². The highest BCUT2D eigenvalue weighted by molar-refractivity contribution is 6.36. The normalized spacial score (nSPS) is 16.8. The molecule has 1 heterocycles. The minimum atomic E-state index is -0.336. The number of rotatable bonds is 6. The van der Waals surface area contributed by atoms with E-state index in [1.54, 1.807) is 4.90 Å². The number of carbonyl (C=O) groups excluding carboxylic acids is 2. The summed E-state index contributed by atoms with van der Waals surface area (Å²) in [4.78, 5) is 26.6. The van der Waals surface area contributed by atoms with Crippen LogP contribution in [0.25, 0.3) is 0 Å². The maximum atomic E-state index is 12.6. The molecule has 2 aromatic rings. The Kier molecular flexibility index (Phi) is 6.28. The van der Waals surface area contributed by atoms with Crippen LogP contribution in [0.15, 0.2) is 48.5 Å². The third-order valence-corrected chi connectivity index (χ3v) is 5.31. The van der Waals surface area contributed by atoms with E-state index in [0.717, 1.165) is 24.1 Å². The number of Topliss-reactive ketones (excluding diaryl/α,β-unsaturated/α-hetero) is 1. The SMILES string of the molecule is Cc1ccc(N[C@@H]2CCCN(C(=O)C(=O)CCc3ccccc3)C2)cc1C. The maximum absolute atomic E-state index is 12.6. The number of hydrogen-bond donors (Lipinski definition) is 1. The van der Waals surface area contributed by atoms with Crippen molar-refractivity contribution in [3.63, 3.8) is 0 Å². The quantitative estimate of drug-likeness (QED) is 0.791. The van der Waals surface area contributed by atoms with Crippen molar-refractivity contribution in [2.24, 2.45) is 0 Å². The fraction of sp³-hybridized carbons (Fsp3) is 0.391. The highest BCUT2D eigenvalue weighted by Gasteiger charge is 2.27. The molecule has 2 aromatic carbocycles. The molecular weight excluding hydrogens is 336 g/mol. The van der Waals surface area contributed by atoms with Crippen LogP contribution in [-0.2, 0) is 16.0 Å². The maximum Gasteiger partial charge on any atom is 0.290 e. The molecule has 3 rings (SSSR count). The van der Waals surface area contributed by atoms with Crippen molar-refractivity contribution in [3.05, 3.63) is 65.2 Å². The Labute approximate surface area is 161 Å². The summed E-state index contributed by atoms with van der Waals surface area (Å²) in [5.74, 6) is -0.622. The Hall–Kier alpha value is -2.62. The van der Waals surface area contributed by atoms with Crippen LogP contribution in [0.3, 0.4) is 0 Å². The summed E-state index contributed by atoms with van der Waals surface area (Å²) < 4.78 is 0. The number of carbonyl (C=O) groups is 2. The average molecular weight is 364 g/mol. The molecule has 142 valence electrons. The van der Waals surface area contributed by atoms with Gasteiger partial charge in [-0.25, -0.2) is 0 Å². The van der Waals surface area contributed by atoms with E-state index in [1.807, 2.05) is 30.3 Å². The number of aryl methyl sites for hydroxylation is 3. The lowest BCUT2D eigenvalue weighted by atomic mass is 10.0. The van der Waals surface area contributed by atoms with Crippen LogP contribution in [0.1, 0.15) is 36.0 Å². The molecule has 0 saturated carbocycles. The number of ketones is 1. The molecule has 27 heavy (non-hydrogen) atoms. The zero-order valence-corrected chi connectivity index (χ0v) is 16.2. The van der Waals surface area contributed by atoms with E-state index >= 15 is 0 Å². The molecule has 0 radical (unpaired) electrons. The first-order chi connectivity index (χ1) is 13.0. The van der Waals surface area contributed by atoms with Gasteiger partial charge in [-0.3, -0.25) is 9.59 Å². The fourth-order valence-corrected chi connectivity index (χ4v) is 3.53. The van der Waals surface area contributed by atoms with Gasteiger partial charge in [-0.2, -0.15) is 0 Å². The zero-order valence-electron chi connectivity index (χ0n) is 16.2. The molecule has 4 heteroatoms. The predicted molar refractivity (Wildman–Crippen MR) is 109 cm³/mol. The predicted octanol–water partition coefficient (Wildman–Crippen LogP) is 3.91. The van der Waals surface area contributed by atoms with Gasteiger partial charge in [-0.05, 0) is 61.9 Å². The highest BCUT2D eigenvalue weighted by atomic mass is 16.2. The van der Waals surface area contributed by atoms with E-state index in [2.05, 4.69) is 37.4 Å². The molecule has 1 amide bonds. The fourth-order valence-electron chi connectivity index (χ4n) is 3.53. The van der Waals surface area contributed by atoms with Gasteiger partial charge in [-0.15, -0.1) is 0 Å². The second-order valence-corrected chi connectivity index (χ2v) is 7.44. The molecule has 1 aliphatic heterocycles. The second-order valence-electron chi connectivity index (χ2n) is 7.44. The minimum absolute atomic E-state index is 0.187. The zero-order chi connectivity index (χ0) is 19.2. The van der Waals surface area contributed by atoms with Crippen LogP contribution in [0, 0.1) is 13.8 Å². The van der Waals surface area contributed by atoms with Crippen molar-refractivity contribution in [1.29, 1.82) is 0 Å². The van der Waals surface area contributed by atoms with E-state index in [1.165, 1.54) is 11.1 Å². The third kappa shape index (κ3) is 5.19. The second kappa shape index (κ2) is 8.85. The summed E-state index contributed by atoms with van der Waals surface area (Å²) >= 11 is 0. The molecule has 1 aliphatic rings. The summed E-state index contributed by atoms with van der Waals surface area (Å²) in [5, 5.41) is 3.53. The number of nitrogens with one attached hydrogen (secondary N) is 1. The van der Waals surface area contributed by atoms with Crippen LogP contribution in [0.2, 0.25) is 0 Å². The number of nitrogens with zero attached hydrogens (tertiary/aromatic N) is 1. The van der Waals surface area contributed by atoms with Crippen molar-refractivity contribution in [1.82, 2.24) is 4.90 Å². The van der Waals surface area contributed by atoms with E-state index in [-0.39, 0.29) is 24.2 Å². The van der Waals surface area contributed by atoms with Crippen LogP contribution in [0.5, 0.6) is 0 Å². The monoisotopic (exact) mass is 364 g/mol. The summed E-state index contributed by atoms with van der Waals surface area (Å²) in [6.45, 7) is 5.45. The number of piperidine rings is 1. The number of benzene rings is 2. The van der Waals surface area contributed by atoms with Gasteiger partial charge in [-0.1, -0.05) is 36.4 Å². The van der Waals surface area contributed by atoms with E-state index in [0.29, 0.717) is 19.5 Å². The number of hydrogen-bond acceptors (Lipinski definition) is 3. The minimum Gasteiger partial charge on any atom is -0.381 e. The summed E-state index contributed by atoms with van der Waals surface area (Å²) in [7, 11) is 0. The number of likely N-dealkylation sites (tertiary alicyclic amines) is 1. The van der Waals surface area contributed by atoms with Gasteiger partial charge in [0.05, 0.1) is 0 Å². The van der Waals surface area contributed by atoms with Gasteiger partial charge in [0.15, 0.2) is 0 Å². The summed E-state index contributed by atoms with van der Waals surface area (Å²) in [5.41, 5.74) is 4.68. The molecule has 0 aliphatic carbocycles. The van der Waals surface area contributed by atoms with Crippen LogP contribution in [0.4, 0.5) is 5.69 Å². The lowest BCUT2D eigenvalue weighted by Gasteiger charge is -2.33. The average Bonchev–Trinajstić information content (AvgIpc) is 2.69. The largest absolute Gasteiger partial charge is 0.381 e. The smallest absolute Gasteiger partial charge is 0.290 e.